The molecule has 0 bridgehead atoms. The molecule has 3 heteroatoms. The zero-order chi connectivity index (χ0) is 15.0. The molecule has 21 heavy (non-hydrogen) atoms. The van der Waals surface area contributed by atoms with Crippen molar-refractivity contribution in [2.75, 3.05) is 0 Å². The van der Waals surface area contributed by atoms with Crippen LogP contribution in [0.5, 0.6) is 0 Å². The molecule has 0 radical (unpaired) electrons. The van der Waals surface area contributed by atoms with Crippen molar-refractivity contribution < 1.29 is 0 Å². The third-order valence-electron chi connectivity index (χ3n) is 3.60. The number of aromatic nitrogens is 3. The molecule has 2 aromatic heterocycles. The Balaban J connectivity index is 2.13. The lowest BCUT2D eigenvalue weighted by Gasteiger charge is -2.24. The highest BCUT2D eigenvalue weighted by Crippen LogP contribution is 2.25. The van der Waals surface area contributed by atoms with E-state index in [1.165, 1.54) is 11.1 Å². The zero-order valence-corrected chi connectivity index (χ0v) is 13.1. The van der Waals surface area contributed by atoms with Gasteiger partial charge in [0.1, 0.15) is 11.3 Å². The Hall–Kier alpha value is -2.16. The van der Waals surface area contributed by atoms with Crippen LogP contribution in [0.3, 0.4) is 0 Å². The number of hydrogen-bond acceptors (Lipinski definition) is 2. The fourth-order valence-electron chi connectivity index (χ4n) is 2.79. The summed E-state index contributed by atoms with van der Waals surface area (Å²) in [6.07, 6.45) is 2.66. The highest BCUT2D eigenvalue weighted by atomic mass is 15.2. The molecule has 108 valence electrons. The Morgan fingerprint density at radius 3 is 2.62 bits per heavy atom. The molecule has 0 N–H and O–H groups in total. The van der Waals surface area contributed by atoms with Gasteiger partial charge in [0.2, 0.25) is 0 Å². The third-order valence-corrected chi connectivity index (χ3v) is 3.60. The van der Waals surface area contributed by atoms with Crippen molar-refractivity contribution >= 4 is 11.2 Å². The highest BCUT2D eigenvalue weighted by molar-refractivity contribution is 5.71. The van der Waals surface area contributed by atoms with E-state index in [2.05, 4.69) is 61.5 Å². The topological polar surface area (TPSA) is 30.7 Å². The zero-order valence-electron chi connectivity index (χ0n) is 13.1. The van der Waals surface area contributed by atoms with Crippen LogP contribution < -0.4 is 0 Å². The lowest BCUT2D eigenvalue weighted by molar-refractivity contribution is 0.394. The van der Waals surface area contributed by atoms with Crippen LogP contribution in [0.25, 0.3) is 11.2 Å². The van der Waals surface area contributed by atoms with E-state index < -0.39 is 0 Å². The van der Waals surface area contributed by atoms with Crippen LogP contribution in [0, 0.1) is 6.92 Å². The maximum absolute atomic E-state index is 4.80. The number of benzene rings is 1. The van der Waals surface area contributed by atoms with Crippen molar-refractivity contribution in [3.8, 4) is 0 Å². The molecule has 0 fully saturated rings. The largest absolute Gasteiger partial charge is 0.307 e. The fourth-order valence-corrected chi connectivity index (χ4v) is 2.79. The van der Waals surface area contributed by atoms with E-state index in [1.807, 2.05) is 18.3 Å². The second kappa shape index (κ2) is 4.99. The second-order valence-electron chi connectivity index (χ2n) is 6.55. The summed E-state index contributed by atoms with van der Waals surface area (Å²) in [7, 11) is 0. The first kappa shape index (κ1) is 13.8. The van der Waals surface area contributed by atoms with E-state index in [-0.39, 0.29) is 5.54 Å². The van der Waals surface area contributed by atoms with Gasteiger partial charge in [-0.3, -0.25) is 0 Å². The summed E-state index contributed by atoms with van der Waals surface area (Å²) in [6, 6.07) is 12.6. The summed E-state index contributed by atoms with van der Waals surface area (Å²) >= 11 is 0. The molecule has 0 saturated heterocycles. The molecule has 0 amide bonds. The van der Waals surface area contributed by atoms with E-state index in [0.29, 0.717) is 0 Å². The van der Waals surface area contributed by atoms with Gasteiger partial charge < -0.3 is 4.57 Å². The summed E-state index contributed by atoms with van der Waals surface area (Å²) in [4.78, 5) is 9.33. The van der Waals surface area contributed by atoms with Gasteiger partial charge in [-0.15, -0.1) is 0 Å². The van der Waals surface area contributed by atoms with Crippen LogP contribution in [-0.4, -0.2) is 14.5 Å². The van der Waals surface area contributed by atoms with Crippen molar-refractivity contribution in [1.29, 1.82) is 0 Å². The highest BCUT2D eigenvalue weighted by Gasteiger charge is 2.22. The molecule has 3 rings (SSSR count). The predicted octanol–water partition coefficient (Wildman–Crippen LogP) is 4.09. The number of pyridine rings is 1. The summed E-state index contributed by atoms with van der Waals surface area (Å²) in [5, 5.41) is 0. The summed E-state index contributed by atoms with van der Waals surface area (Å²) < 4.78 is 2.25. The van der Waals surface area contributed by atoms with Gasteiger partial charge in [0, 0.05) is 18.2 Å². The fraction of sp³-hybridized carbons (Fsp3) is 0.333. The number of fused-ring (bicyclic) bond motifs is 1. The lowest BCUT2D eigenvalue weighted by atomic mass is 10.1. The average Bonchev–Trinajstić information content (AvgIpc) is 2.76. The first-order valence-electron chi connectivity index (χ1n) is 7.33. The van der Waals surface area contributed by atoms with Gasteiger partial charge in [0.05, 0.1) is 0 Å². The lowest BCUT2D eigenvalue weighted by Crippen LogP contribution is -2.24. The number of imidazole rings is 1. The summed E-state index contributed by atoms with van der Waals surface area (Å²) in [6.45, 7) is 8.71. The van der Waals surface area contributed by atoms with Gasteiger partial charge in [-0.05, 0) is 45.4 Å². The summed E-state index contributed by atoms with van der Waals surface area (Å²) in [5.74, 6) is 1.07. The molecule has 0 saturated carbocycles. The van der Waals surface area contributed by atoms with Crippen LogP contribution in [0.4, 0.5) is 0 Å². The molecule has 0 aliphatic carbocycles. The van der Waals surface area contributed by atoms with Gasteiger partial charge in [0.25, 0.3) is 0 Å². The number of rotatable bonds is 2. The Labute approximate surface area is 125 Å². The molecule has 0 spiro atoms. The maximum Gasteiger partial charge on any atom is 0.160 e. The first-order valence-corrected chi connectivity index (χ1v) is 7.33. The van der Waals surface area contributed by atoms with Crippen LogP contribution in [0.15, 0.2) is 42.6 Å². The molecular weight excluding hydrogens is 258 g/mol. The van der Waals surface area contributed by atoms with E-state index >= 15 is 0 Å². The summed E-state index contributed by atoms with van der Waals surface area (Å²) in [5.41, 5.74) is 4.46. The van der Waals surface area contributed by atoms with Gasteiger partial charge in [-0.1, -0.05) is 29.8 Å². The quantitative estimate of drug-likeness (QED) is 0.707. The van der Waals surface area contributed by atoms with Crippen LogP contribution in [0.1, 0.15) is 37.7 Å². The number of aryl methyl sites for hydroxylation is 1. The number of nitrogens with zero attached hydrogens (tertiary/aromatic N) is 3. The molecule has 0 aliphatic heterocycles. The Morgan fingerprint density at radius 2 is 1.90 bits per heavy atom. The number of hydrogen-bond donors (Lipinski definition) is 0. The third kappa shape index (κ3) is 2.68. The molecule has 0 atom stereocenters. The smallest absolute Gasteiger partial charge is 0.160 e. The molecule has 0 unspecified atom stereocenters. The first-order chi connectivity index (χ1) is 9.95. The average molecular weight is 279 g/mol. The van der Waals surface area contributed by atoms with Crippen molar-refractivity contribution in [2.24, 2.45) is 0 Å². The van der Waals surface area contributed by atoms with Crippen LogP contribution >= 0.6 is 0 Å². The monoisotopic (exact) mass is 279 g/mol. The van der Waals surface area contributed by atoms with E-state index in [0.717, 1.165) is 23.4 Å². The standard InChI is InChI=1S/C18H21N3/c1-13-7-5-8-14(11-13)12-16-20-15-9-6-10-19-17(15)21(16)18(2,3)4/h5-11H,12H2,1-4H3. The van der Waals surface area contributed by atoms with Crippen LogP contribution in [0.2, 0.25) is 0 Å². The van der Waals surface area contributed by atoms with Gasteiger partial charge in [0.15, 0.2) is 5.65 Å². The minimum Gasteiger partial charge on any atom is -0.307 e. The molecular formula is C18H21N3. The minimum absolute atomic E-state index is 0.0394. The molecule has 0 aliphatic rings. The Kier molecular flexibility index (Phi) is 3.28. The van der Waals surface area contributed by atoms with Gasteiger partial charge in [-0.2, -0.15) is 0 Å². The molecule has 3 aromatic rings. The Bertz CT molecular complexity index is 779. The van der Waals surface area contributed by atoms with Crippen molar-refractivity contribution in [1.82, 2.24) is 14.5 Å². The van der Waals surface area contributed by atoms with E-state index in [4.69, 9.17) is 4.98 Å². The van der Waals surface area contributed by atoms with Gasteiger partial charge >= 0.3 is 0 Å². The second-order valence-corrected chi connectivity index (χ2v) is 6.55. The maximum atomic E-state index is 4.80. The van der Waals surface area contributed by atoms with Crippen molar-refractivity contribution in [3.63, 3.8) is 0 Å². The van der Waals surface area contributed by atoms with Crippen LogP contribution in [-0.2, 0) is 12.0 Å². The Morgan fingerprint density at radius 1 is 1.10 bits per heavy atom. The van der Waals surface area contributed by atoms with Crippen molar-refractivity contribution in [2.45, 2.75) is 39.7 Å². The minimum atomic E-state index is -0.0394. The van der Waals surface area contributed by atoms with Gasteiger partial charge in [-0.25, -0.2) is 9.97 Å². The molecule has 1 aromatic carbocycles. The van der Waals surface area contributed by atoms with E-state index in [1.54, 1.807) is 0 Å². The molecule has 3 nitrogen and oxygen atoms in total. The normalized spacial score (nSPS) is 12.0. The van der Waals surface area contributed by atoms with Crippen molar-refractivity contribution in [3.05, 3.63) is 59.5 Å². The SMILES string of the molecule is Cc1cccc(Cc2nc3cccnc3n2C(C)(C)C)c1. The predicted molar refractivity (Wildman–Crippen MR) is 86.5 cm³/mol. The van der Waals surface area contributed by atoms with E-state index in [9.17, 15) is 0 Å². The molecule has 2 heterocycles.